The molecule has 0 aromatic heterocycles. The second-order valence-corrected chi connectivity index (χ2v) is 7.69. The fourth-order valence-electron chi connectivity index (χ4n) is 3.60. The number of hydrogen-bond donors (Lipinski definition) is 2. The van der Waals surface area contributed by atoms with E-state index in [9.17, 15) is 5.11 Å². The highest BCUT2D eigenvalue weighted by Gasteiger charge is 2.18. The predicted octanol–water partition coefficient (Wildman–Crippen LogP) is 3.12. The van der Waals surface area contributed by atoms with Crippen LogP contribution in [0, 0.1) is 0 Å². The smallest absolute Gasteiger partial charge is 0.131 e. The molecule has 0 amide bonds. The molecule has 1 aliphatic heterocycles. The summed E-state index contributed by atoms with van der Waals surface area (Å²) in [6.45, 7) is 5.51. The van der Waals surface area contributed by atoms with Crippen molar-refractivity contribution in [1.29, 1.82) is 0 Å². The Labute approximate surface area is 178 Å². The highest BCUT2D eigenvalue weighted by molar-refractivity contribution is 6.30. The molecule has 1 fully saturated rings. The standard InChI is InChI=1S/C23H31ClN2O3/c24-21-8-6-20(7-9-21)22(19-4-2-1-3-5-19)10-15-28-16-17-29-18-23(27)26-13-11-25-12-14-26/h1-9,22-23,25,27H,10-18H2. The Kier molecular flexibility index (Phi) is 9.41. The van der Waals surface area contributed by atoms with E-state index < -0.39 is 6.23 Å². The van der Waals surface area contributed by atoms with E-state index in [4.69, 9.17) is 21.1 Å². The van der Waals surface area contributed by atoms with Crippen LogP contribution in [-0.4, -0.2) is 68.8 Å². The number of nitrogens with zero attached hydrogens (tertiary/aromatic N) is 1. The van der Waals surface area contributed by atoms with Gasteiger partial charge in [-0.05, 0) is 29.7 Å². The lowest BCUT2D eigenvalue weighted by atomic mass is 9.89. The zero-order chi connectivity index (χ0) is 20.3. The molecule has 6 heteroatoms. The maximum Gasteiger partial charge on any atom is 0.131 e. The van der Waals surface area contributed by atoms with E-state index in [0.717, 1.165) is 37.6 Å². The third kappa shape index (κ3) is 7.37. The molecule has 0 spiro atoms. The van der Waals surface area contributed by atoms with E-state index in [1.165, 1.54) is 11.1 Å². The Balaban J connectivity index is 1.38. The van der Waals surface area contributed by atoms with Crippen LogP contribution in [0.5, 0.6) is 0 Å². The first kappa shape index (κ1) is 22.2. The molecule has 158 valence electrons. The van der Waals surface area contributed by atoms with E-state index in [2.05, 4.69) is 41.7 Å². The van der Waals surface area contributed by atoms with Crippen LogP contribution in [0.3, 0.4) is 0 Å². The van der Waals surface area contributed by atoms with Crippen molar-refractivity contribution in [2.75, 3.05) is 52.6 Å². The van der Waals surface area contributed by atoms with Gasteiger partial charge in [0.1, 0.15) is 6.23 Å². The van der Waals surface area contributed by atoms with Crippen LogP contribution in [0.4, 0.5) is 0 Å². The minimum atomic E-state index is -0.538. The van der Waals surface area contributed by atoms with Crippen molar-refractivity contribution < 1.29 is 14.6 Å². The maximum atomic E-state index is 10.1. The first-order chi connectivity index (χ1) is 14.2. The topological polar surface area (TPSA) is 54.0 Å². The summed E-state index contributed by atoms with van der Waals surface area (Å²) in [7, 11) is 0. The predicted molar refractivity (Wildman–Crippen MR) is 116 cm³/mol. The Bertz CT molecular complexity index is 693. The van der Waals surface area contributed by atoms with Gasteiger partial charge in [0.05, 0.1) is 19.8 Å². The van der Waals surface area contributed by atoms with Crippen molar-refractivity contribution in [1.82, 2.24) is 10.2 Å². The van der Waals surface area contributed by atoms with Gasteiger partial charge in [-0.1, -0.05) is 54.1 Å². The zero-order valence-corrected chi connectivity index (χ0v) is 17.6. The van der Waals surface area contributed by atoms with E-state index in [1.54, 1.807) is 0 Å². The molecule has 2 unspecified atom stereocenters. The first-order valence-corrected chi connectivity index (χ1v) is 10.7. The molecule has 0 bridgehead atoms. The van der Waals surface area contributed by atoms with Gasteiger partial charge < -0.3 is 19.9 Å². The second-order valence-electron chi connectivity index (χ2n) is 7.26. The minimum absolute atomic E-state index is 0.268. The fraction of sp³-hybridized carbons (Fsp3) is 0.478. The number of benzene rings is 2. The van der Waals surface area contributed by atoms with Gasteiger partial charge in [-0.2, -0.15) is 0 Å². The van der Waals surface area contributed by atoms with Crippen molar-refractivity contribution in [3.05, 3.63) is 70.7 Å². The number of ether oxygens (including phenoxy) is 2. The van der Waals surface area contributed by atoms with Gasteiger partial charge >= 0.3 is 0 Å². The number of aliphatic hydroxyl groups excluding tert-OH is 1. The summed E-state index contributed by atoms with van der Waals surface area (Å²) in [6, 6.07) is 18.5. The molecular weight excluding hydrogens is 388 g/mol. The summed E-state index contributed by atoms with van der Waals surface area (Å²) < 4.78 is 11.4. The van der Waals surface area contributed by atoms with Crippen molar-refractivity contribution in [2.24, 2.45) is 0 Å². The average Bonchev–Trinajstić information content (AvgIpc) is 2.77. The molecule has 0 radical (unpaired) electrons. The molecule has 0 aliphatic carbocycles. The highest BCUT2D eigenvalue weighted by atomic mass is 35.5. The Hall–Kier alpha value is -1.47. The van der Waals surface area contributed by atoms with Gasteiger partial charge in [0, 0.05) is 43.7 Å². The maximum absolute atomic E-state index is 10.1. The minimum Gasteiger partial charge on any atom is -0.379 e. The normalized spacial score (nSPS) is 17.2. The quantitative estimate of drug-likeness (QED) is 0.549. The molecule has 2 aromatic carbocycles. The third-order valence-corrected chi connectivity index (χ3v) is 5.49. The average molecular weight is 419 g/mol. The van der Waals surface area contributed by atoms with Crippen LogP contribution in [0.1, 0.15) is 23.5 Å². The SMILES string of the molecule is OC(COCCOCCC(c1ccccc1)c1ccc(Cl)cc1)N1CCNCC1. The number of aliphatic hydroxyl groups is 1. The summed E-state index contributed by atoms with van der Waals surface area (Å²) in [5.74, 6) is 0.268. The number of nitrogens with one attached hydrogen (secondary N) is 1. The monoisotopic (exact) mass is 418 g/mol. The van der Waals surface area contributed by atoms with E-state index in [0.29, 0.717) is 26.4 Å². The first-order valence-electron chi connectivity index (χ1n) is 10.3. The second kappa shape index (κ2) is 12.3. The number of piperazine rings is 1. The number of halogens is 1. The van der Waals surface area contributed by atoms with Crippen LogP contribution >= 0.6 is 11.6 Å². The Morgan fingerprint density at radius 3 is 2.28 bits per heavy atom. The van der Waals surface area contributed by atoms with Crippen molar-refractivity contribution in [3.63, 3.8) is 0 Å². The lowest BCUT2D eigenvalue weighted by Gasteiger charge is -2.31. The number of rotatable bonds is 11. The molecule has 2 aromatic rings. The molecule has 5 nitrogen and oxygen atoms in total. The van der Waals surface area contributed by atoms with Gasteiger partial charge in [-0.3, -0.25) is 4.90 Å². The highest BCUT2D eigenvalue weighted by Crippen LogP contribution is 2.28. The molecule has 2 N–H and O–H groups in total. The van der Waals surface area contributed by atoms with Crippen LogP contribution in [0.25, 0.3) is 0 Å². The lowest BCUT2D eigenvalue weighted by molar-refractivity contribution is -0.0708. The summed E-state index contributed by atoms with van der Waals surface area (Å²) in [5.41, 5.74) is 2.51. The van der Waals surface area contributed by atoms with Gasteiger partial charge in [-0.25, -0.2) is 0 Å². The van der Waals surface area contributed by atoms with Crippen LogP contribution in [-0.2, 0) is 9.47 Å². The fourth-order valence-corrected chi connectivity index (χ4v) is 3.73. The van der Waals surface area contributed by atoms with Crippen LogP contribution < -0.4 is 5.32 Å². The molecule has 1 aliphatic rings. The van der Waals surface area contributed by atoms with Gasteiger partial charge in [0.25, 0.3) is 0 Å². The Morgan fingerprint density at radius 2 is 1.55 bits per heavy atom. The van der Waals surface area contributed by atoms with Gasteiger partial charge in [0.2, 0.25) is 0 Å². The summed E-state index contributed by atoms with van der Waals surface area (Å²) in [5, 5.41) is 14.2. The molecule has 3 rings (SSSR count). The molecule has 29 heavy (non-hydrogen) atoms. The largest absolute Gasteiger partial charge is 0.379 e. The zero-order valence-electron chi connectivity index (χ0n) is 16.8. The van der Waals surface area contributed by atoms with Crippen LogP contribution in [0.15, 0.2) is 54.6 Å². The van der Waals surface area contributed by atoms with E-state index in [-0.39, 0.29) is 5.92 Å². The molecule has 1 heterocycles. The molecule has 2 atom stereocenters. The van der Waals surface area contributed by atoms with E-state index in [1.807, 2.05) is 23.1 Å². The van der Waals surface area contributed by atoms with Gasteiger partial charge in [-0.15, -0.1) is 0 Å². The van der Waals surface area contributed by atoms with Crippen molar-refractivity contribution >= 4 is 11.6 Å². The number of hydrogen-bond acceptors (Lipinski definition) is 5. The van der Waals surface area contributed by atoms with Crippen LogP contribution in [0.2, 0.25) is 5.02 Å². The summed E-state index contributed by atoms with van der Waals surface area (Å²) in [4.78, 5) is 2.04. The lowest BCUT2D eigenvalue weighted by Crippen LogP contribution is -2.50. The third-order valence-electron chi connectivity index (χ3n) is 5.24. The van der Waals surface area contributed by atoms with E-state index >= 15 is 0 Å². The molecule has 0 saturated carbocycles. The van der Waals surface area contributed by atoms with Crippen molar-refractivity contribution in [2.45, 2.75) is 18.6 Å². The van der Waals surface area contributed by atoms with Crippen molar-refractivity contribution in [3.8, 4) is 0 Å². The molecular formula is C23H31ClN2O3. The summed E-state index contributed by atoms with van der Waals surface area (Å²) >= 11 is 6.05. The Morgan fingerprint density at radius 1 is 0.897 bits per heavy atom. The summed E-state index contributed by atoms with van der Waals surface area (Å²) in [6.07, 6.45) is 0.346. The van der Waals surface area contributed by atoms with Gasteiger partial charge in [0.15, 0.2) is 0 Å². The molecule has 1 saturated heterocycles.